The predicted octanol–water partition coefficient (Wildman–Crippen LogP) is 4.95. The number of carbonyl (C=O) groups is 2. The maximum absolute atomic E-state index is 12.5. The van der Waals surface area contributed by atoms with Crippen LogP contribution in [0.4, 0.5) is 5.00 Å². The molecule has 0 fully saturated rings. The Balaban J connectivity index is 1.74. The molecule has 1 aliphatic rings. The van der Waals surface area contributed by atoms with Gasteiger partial charge < -0.3 is 14.8 Å². The van der Waals surface area contributed by atoms with Crippen molar-refractivity contribution >= 4 is 39.8 Å². The highest BCUT2D eigenvalue weighted by molar-refractivity contribution is 7.17. The molecule has 1 heterocycles. The van der Waals surface area contributed by atoms with Gasteiger partial charge >= 0.3 is 5.97 Å². The number of carbonyl (C=O) groups excluding carboxylic acids is 2. The first-order valence-electron chi connectivity index (χ1n) is 9.22. The van der Waals surface area contributed by atoms with E-state index in [0.717, 1.165) is 40.8 Å². The molecule has 28 heavy (non-hydrogen) atoms. The topological polar surface area (TPSA) is 64.6 Å². The largest absolute Gasteiger partial charge is 0.484 e. The number of ether oxygens (including phenoxy) is 2. The minimum Gasteiger partial charge on any atom is -0.484 e. The van der Waals surface area contributed by atoms with Crippen molar-refractivity contribution in [2.45, 2.75) is 40.0 Å². The Hall–Kier alpha value is -2.05. The first-order valence-corrected chi connectivity index (χ1v) is 10.4. The van der Waals surface area contributed by atoms with Gasteiger partial charge in [-0.15, -0.1) is 11.3 Å². The zero-order chi connectivity index (χ0) is 20.4. The molecule has 0 aliphatic heterocycles. The van der Waals surface area contributed by atoms with E-state index in [9.17, 15) is 9.59 Å². The van der Waals surface area contributed by atoms with Gasteiger partial charge in [0.2, 0.25) is 0 Å². The van der Waals surface area contributed by atoms with Gasteiger partial charge in [0.1, 0.15) is 10.8 Å². The molecule has 1 amide bonds. The third-order valence-corrected chi connectivity index (χ3v) is 6.70. The minimum atomic E-state index is -0.410. The van der Waals surface area contributed by atoms with Crippen LogP contribution in [0, 0.1) is 19.8 Å². The van der Waals surface area contributed by atoms with Crippen molar-refractivity contribution < 1.29 is 19.1 Å². The molecule has 1 aromatic carbocycles. The zero-order valence-corrected chi connectivity index (χ0v) is 18.1. The van der Waals surface area contributed by atoms with E-state index in [1.54, 1.807) is 12.1 Å². The van der Waals surface area contributed by atoms with E-state index < -0.39 is 5.97 Å². The van der Waals surface area contributed by atoms with Crippen molar-refractivity contribution in [3.05, 3.63) is 44.3 Å². The SMILES string of the molecule is COC(=O)c1c(NC(=O)COc2cc(C)c(Cl)c(C)c2)sc2c1CC[C@@H](C)C2. The van der Waals surface area contributed by atoms with Crippen LogP contribution in [0.15, 0.2) is 12.1 Å². The molecule has 1 aromatic heterocycles. The fraction of sp³-hybridized carbons (Fsp3) is 0.429. The molecule has 0 bridgehead atoms. The summed E-state index contributed by atoms with van der Waals surface area (Å²) in [6.45, 7) is 5.83. The molecule has 0 saturated heterocycles. The van der Waals surface area contributed by atoms with Crippen LogP contribution in [-0.4, -0.2) is 25.6 Å². The highest BCUT2D eigenvalue weighted by atomic mass is 35.5. The number of halogens is 1. The quantitative estimate of drug-likeness (QED) is 0.694. The van der Waals surface area contributed by atoms with Crippen molar-refractivity contribution in [2.24, 2.45) is 5.92 Å². The summed E-state index contributed by atoms with van der Waals surface area (Å²) in [7, 11) is 1.36. The molecular weight excluding hydrogens is 398 g/mol. The number of hydrogen-bond acceptors (Lipinski definition) is 5. The van der Waals surface area contributed by atoms with Crippen LogP contribution < -0.4 is 10.1 Å². The molecule has 1 N–H and O–H groups in total. The van der Waals surface area contributed by atoms with Gasteiger partial charge in [-0.05, 0) is 67.9 Å². The van der Waals surface area contributed by atoms with E-state index in [0.29, 0.717) is 27.3 Å². The molecule has 1 aliphatic carbocycles. The van der Waals surface area contributed by atoms with Crippen LogP contribution in [-0.2, 0) is 22.4 Å². The summed E-state index contributed by atoms with van der Waals surface area (Å²) >= 11 is 7.62. The molecule has 0 radical (unpaired) electrons. The number of thiophene rings is 1. The van der Waals surface area contributed by atoms with E-state index in [4.69, 9.17) is 21.1 Å². The van der Waals surface area contributed by atoms with Gasteiger partial charge in [0.05, 0.1) is 12.7 Å². The van der Waals surface area contributed by atoms with Crippen molar-refractivity contribution in [3.63, 3.8) is 0 Å². The third kappa shape index (κ3) is 4.33. The summed E-state index contributed by atoms with van der Waals surface area (Å²) in [5.74, 6) is 0.427. The van der Waals surface area contributed by atoms with Crippen LogP contribution in [0.1, 0.15) is 45.3 Å². The first kappa shape index (κ1) is 20.7. The van der Waals surface area contributed by atoms with Crippen LogP contribution in [0.5, 0.6) is 5.75 Å². The van der Waals surface area contributed by atoms with Crippen LogP contribution >= 0.6 is 22.9 Å². The highest BCUT2D eigenvalue weighted by Crippen LogP contribution is 2.40. The summed E-state index contributed by atoms with van der Waals surface area (Å²) < 4.78 is 10.6. The van der Waals surface area contributed by atoms with Crippen LogP contribution in [0.3, 0.4) is 0 Å². The Morgan fingerprint density at radius 1 is 1.29 bits per heavy atom. The summed E-state index contributed by atoms with van der Waals surface area (Å²) in [6.07, 6.45) is 2.77. The molecule has 7 heteroatoms. The molecule has 0 spiro atoms. The number of amides is 1. The Bertz CT molecular complexity index is 898. The zero-order valence-electron chi connectivity index (χ0n) is 16.5. The number of aryl methyl sites for hydroxylation is 2. The normalized spacial score (nSPS) is 15.7. The predicted molar refractivity (Wildman–Crippen MR) is 112 cm³/mol. The van der Waals surface area contributed by atoms with E-state index in [2.05, 4.69) is 12.2 Å². The number of esters is 1. The highest BCUT2D eigenvalue weighted by Gasteiger charge is 2.28. The van der Waals surface area contributed by atoms with Gasteiger partial charge in [-0.1, -0.05) is 18.5 Å². The molecular formula is C21H24ClNO4S. The lowest BCUT2D eigenvalue weighted by molar-refractivity contribution is -0.118. The molecule has 0 saturated carbocycles. The van der Waals surface area contributed by atoms with Crippen molar-refractivity contribution in [1.82, 2.24) is 0 Å². The van der Waals surface area contributed by atoms with Gasteiger partial charge in [-0.2, -0.15) is 0 Å². The standard InChI is InChI=1S/C21H24ClNO4S/c1-11-5-6-15-16(7-11)28-20(18(15)21(25)26-4)23-17(24)10-27-14-8-12(2)19(22)13(3)9-14/h8-9,11H,5-7,10H2,1-4H3,(H,23,24)/t11-/m1/s1. The smallest absolute Gasteiger partial charge is 0.341 e. The van der Waals surface area contributed by atoms with Crippen molar-refractivity contribution in [3.8, 4) is 5.75 Å². The maximum Gasteiger partial charge on any atom is 0.341 e. The van der Waals surface area contributed by atoms with Crippen LogP contribution in [0.2, 0.25) is 5.02 Å². The lowest BCUT2D eigenvalue weighted by Crippen LogP contribution is -2.21. The Morgan fingerprint density at radius 3 is 2.61 bits per heavy atom. The summed E-state index contributed by atoms with van der Waals surface area (Å²) in [4.78, 5) is 25.9. The number of anilines is 1. The number of rotatable bonds is 5. The average Bonchev–Trinajstić information content (AvgIpc) is 3.00. The molecule has 150 valence electrons. The fourth-order valence-electron chi connectivity index (χ4n) is 3.46. The second kappa shape index (κ2) is 8.53. The second-order valence-electron chi connectivity index (χ2n) is 7.26. The van der Waals surface area contributed by atoms with Crippen molar-refractivity contribution in [2.75, 3.05) is 19.0 Å². The van der Waals surface area contributed by atoms with Gasteiger partial charge in [-0.3, -0.25) is 4.79 Å². The summed E-state index contributed by atoms with van der Waals surface area (Å²) in [5, 5.41) is 4.07. The number of hydrogen-bond donors (Lipinski definition) is 1. The van der Waals surface area contributed by atoms with E-state index >= 15 is 0 Å². The molecule has 5 nitrogen and oxygen atoms in total. The number of fused-ring (bicyclic) bond motifs is 1. The van der Waals surface area contributed by atoms with Crippen LogP contribution in [0.25, 0.3) is 0 Å². The number of benzene rings is 1. The first-order chi connectivity index (χ1) is 13.3. The molecule has 0 unspecified atom stereocenters. The average molecular weight is 422 g/mol. The Kier molecular flexibility index (Phi) is 6.30. The monoisotopic (exact) mass is 421 g/mol. The van der Waals surface area contributed by atoms with Gasteiger partial charge in [0.25, 0.3) is 5.91 Å². The van der Waals surface area contributed by atoms with Gasteiger partial charge in [-0.25, -0.2) is 4.79 Å². The third-order valence-electron chi connectivity index (χ3n) is 4.93. The minimum absolute atomic E-state index is 0.153. The Morgan fingerprint density at radius 2 is 1.96 bits per heavy atom. The van der Waals surface area contributed by atoms with Gasteiger partial charge in [0.15, 0.2) is 6.61 Å². The number of nitrogens with one attached hydrogen (secondary N) is 1. The van der Waals surface area contributed by atoms with E-state index in [-0.39, 0.29) is 12.5 Å². The second-order valence-corrected chi connectivity index (χ2v) is 8.74. The fourth-order valence-corrected chi connectivity index (χ4v) is 4.98. The molecule has 1 atom stereocenters. The van der Waals surface area contributed by atoms with E-state index in [1.807, 2.05) is 13.8 Å². The maximum atomic E-state index is 12.5. The number of methoxy groups -OCH3 is 1. The van der Waals surface area contributed by atoms with Crippen molar-refractivity contribution in [1.29, 1.82) is 0 Å². The lowest BCUT2D eigenvalue weighted by Gasteiger charge is -2.18. The molecule has 3 rings (SSSR count). The summed E-state index contributed by atoms with van der Waals surface area (Å²) in [5.41, 5.74) is 3.28. The Labute approximate surface area is 174 Å². The van der Waals surface area contributed by atoms with E-state index in [1.165, 1.54) is 18.4 Å². The summed E-state index contributed by atoms with van der Waals surface area (Å²) in [6, 6.07) is 3.60. The molecule has 2 aromatic rings. The lowest BCUT2D eigenvalue weighted by atomic mass is 9.88. The van der Waals surface area contributed by atoms with Gasteiger partial charge in [0, 0.05) is 9.90 Å².